The molecule has 2 aliphatic rings. The average molecular weight is 468 g/mol. The van der Waals surface area contributed by atoms with Crippen molar-refractivity contribution in [2.75, 3.05) is 6.54 Å². The lowest BCUT2D eigenvalue weighted by atomic mass is 9.87. The summed E-state index contributed by atoms with van der Waals surface area (Å²) >= 11 is 0. The number of likely N-dealkylation sites (tertiary alicyclic amines) is 1. The van der Waals surface area contributed by atoms with E-state index >= 15 is 0 Å². The largest absolute Gasteiger partial charge is 0.573 e. The Morgan fingerprint density at radius 3 is 2.52 bits per heavy atom. The Hall–Kier alpha value is -2.64. The van der Waals surface area contributed by atoms with Crippen molar-refractivity contribution < 1.29 is 32.2 Å². The van der Waals surface area contributed by atoms with Crippen LogP contribution in [-0.4, -0.2) is 35.5 Å². The molecule has 0 spiro atoms. The van der Waals surface area contributed by atoms with Gasteiger partial charge in [-0.1, -0.05) is 32.1 Å². The summed E-state index contributed by atoms with van der Waals surface area (Å²) in [6.07, 6.45) is -0.538. The minimum Gasteiger partial charge on any atom is -0.489 e. The molecule has 0 N–H and O–H groups in total. The van der Waals surface area contributed by atoms with E-state index in [9.17, 15) is 18.0 Å². The monoisotopic (exact) mass is 467 g/mol. The third-order valence-corrected chi connectivity index (χ3v) is 5.79. The molecular weight excluding hydrogens is 435 g/mol. The third-order valence-electron chi connectivity index (χ3n) is 5.79. The summed E-state index contributed by atoms with van der Waals surface area (Å²) in [6, 6.07) is 4.69. The van der Waals surface area contributed by atoms with Crippen molar-refractivity contribution >= 4 is 6.09 Å². The lowest BCUT2D eigenvalue weighted by Crippen LogP contribution is -2.41. The van der Waals surface area contributed by atoms with Gasteiger partial charge in [0, 0.05) is 12.5 Å². The summed E-state index contributed by atoms with van der Waals surface area (Å²) in [5.41, 5.74) is 1.52. The maximum absolute atomic E-state index is 12.8. The molecule has 0 saturated carbocycles. The van der Waals surface area contributed by atoms with E-state index in [1.54, 1.807) is 17.0 Å². The lowest BCUT2D eigenvalue weighted by molar-refractivity contribution is -0.275. The summed E-state index contributed by atoms with van der Waals surface area (Å²) in [7, 11) is 0. The quantitative estimate of drug-likeness (QED) is 0.484. The third kappa shape index (κ3) is 6.24. The zero-order valence-corrected chi connectivity index (χ0v) is 20.0. The fourth-order valence-electron chi connectivity index (χ4n) is 4.24. The Balaban J connectivity index is 1.70. The molecule has 0 bridgehead atoms. The van der Waals surface area contributed by atoms with Crippen LogP contribution >= 0.6 is 0 Å². The Morgan fingerprint density at radius 1 is 1.21 bits per heavy atom. The van der Waals surface area contributed by atoms with Crippen molar-refractivity contribution in [1.29, 1.82) is 0 Å². The van der Waals surface area contributed by atoms with Gasteiger partial charge in [-0.2, -0.15) is 0 Å². The molecule has 2 unspecified atom stereocenters. The standard InChI is InChI=1S/C25H32F3NO4/c1-15(2)18-8-7-17(13-22(18)32-25(26,27)28)14-31-21-10-9-20-19(16(21)3)11-12-29(20)23(30)33-24(4,5)6/h7-10,13,15,19-20H,11-12,14H2,1-6H3. The molecule has 182 valence electrons. The van der Waals surface area contributed by atoms with Crippen molar-refractivity contribution in [3.63, 3.8) is 0 Å². The number of rotatable bonds is 5. The number of ether oxygens (including phenoxy) is 3. The fraction of sp³-hybridized carbons (Fsp3) is 0.560. The first kappa shape index (κ1) is 25.0. The van der Waals surface area contributed by atoms with Gasteiger partial charge in [0.05, 0.1) is 6.04 Å². The van der Waals surface area contributed by atoms with E-state index in [1.165, 1.54) is 6.07 Å². The number of amides is 1. The minimum absolute atomic E-state index is 0.0932. The molecular formula is C25H32F3NO4. The van der Waals surface area contributed by atoms with Gasteiger partial charge < -0.3 is 19.1 Å². The highest BCUT2D eigenvalue weighted by Gasteiger charge is 2.40. The van der Waals surface area contributed by atoms with Crippen LogP contribution in [0.25, 0.3) is 0 Å². The van der Waals surface area contributed by atoms with E-state index in [0.717, 1.165) is 12.0 Å². The molecule has 33 heavy (non-hydrogen) atoms. The van der Waals surface area contributed by atoms with E-state index in [4.69, 9.17) is 9.47 Å². The summed E-state index contributed by atoms with van der Waals surface area (Å²) < 4.78 is 54.3. The number of hydrogen-bond donors (Lipinski definition) is 0. The van der Waals surface area contributed by atoms with Crippen LogP contribution < -0.4 is 4.74 Å². The molecule has 1 aliphatic carbocycles. The highest BCUT2D eigenvalue weighted by molar-refractivity contribution is 5.70. The number of benzene rings is 1. The van der Waals surface area contributed by atoms with Gasteiger partial charge in [-0.05, 0) is 68.9 Å². The van der Waals surface area contributed by atoms with E-state index in [1.807, 2.05) is 53.7 Å². The summed E-state index contributed by atoms with van der Waals surface area (Å²) in [5.74, 6) is 0.474. The first-order valence-electron chi connectivity index (χ1n) is 11.1. The smallest absolute Gasteiger partial charge is 0.489 e. The predicted octanol–water partition coefficient (Wildman–Crippen LogP) is 6.69. The molecule has 5 nitrogen and oxygen atoms in total. The molecule has 1 aromatic rings. The van der Waals surface area contributed by atoms with Crippen molar-refractivity contribution in [1.82, 2.24) is 4.90 Å². The molecule has 3 rings (SSSR count). The zero-order chi connectivity index (χ0) is 24.6. The van der Waals surface area contributed by atoms with E-state index < -0.39 is 12.0 Å². The SMILES string of the molecule is CC1=C(OCc2ccc(C(C)C)c(OC(F)(F)F)c2)C=CC2C1CCN2C(=O)OC(C)(C)C. The zero-order valence-electron chi connectivity index (χ0n) is 20.0. The number of alkyl halides is 3. The molecule has 1 fully saturated rings. The van der Waals surface area contributed by atoms with Gasteiger partial charge in [0.15, 0.2) is 0 Å². The molecule has 8 heteroatoms. The Morgan fingerprint density at radius 2 is 1.91 bits per heavy atom. The molecule has 1 heterocycles. The topological polar surface area (TPSA) is 48.0 Å². The second-order valence-corrected chi connectivity index (χ2v) is 9.83. The molecule has 2 atom stereocenters. The normalized spacial score (nSPS) is 20.8. The summed E-state index contributed by atoms with van der Waals surface area (Å²) in [6.45, 7) is 11.8. The van der Waals surface area contributed by atoms with Gasteiger partial charge in [-0.3, -0.25) is 0 Å². The molecule has 0 radical (unpaired) electrons. The Labute approximate surface area is 193 Å². The summed E-state index contributed by atoms with van der Waals surface area (Å²) in [4.78, 5) is 14.3. The Bertz CT molecular complexity index is 944. The van der Waals surface area contributed by atoms with E-state index in [0.29, 0.717) is 23.4 Å². The number of carbonyl (C=O) groups excluding carboxylic acids is 1. The number of hydrogen-bond acceptors (Lipinski definition) is 4. The molecule has 1 amide bonds. The predicted molar refractivity (Wildman–Crippen MR) is 119 cm³/mol. The van der Waals surface area contributed by atoms with Gasteiger partial charge in [0.2, 0.25) is 0 Å². The molecule has 1 aliphatic heterocycles. The van der Waals surface area contributed by atoms with Gasteiger partial charge in [0.25, 0.3) is 0 Å². The maximum atomic E-state index is 12.8. The van der Waals surface area contributed by atoms with Crippen molar-refractivity contribution in [2.45, 2.75) is 78.5 Å². The van der Waals surface area contributed by atoms with Crippen LogP contribution in [0.3, 0.4) is 0 Å². The minimum atomic E-state index is -4.76. The Kier molecular flexibility index (Phi) is 7.05. The first-order valence-corrected chi connectivity index (χ1v) is 11.1. The number of allylic oxidation sites excluding steroid dienone is 1. The van der Waals surface area contributed by atoms with Crippen molar-refractivity contribution in [3.05, 3.63) is 52.8 Å². The first-order chi connectivity index (χ1) is 15.2. The number of fused-ring (bicyclic) bond motifs is 1. The molecule has 1 saturated heterocycles. The van der Waals surface area contributed by atoms with E-state index in [-0.39, 0.29) is 36.3 Å². The van der Waals surface area contributed by atoms with Crippen LogP contribution in [0.2, 0.25) is 0 Å². The number of carbonyl (C=O) groups is 1. The fourth-order valence-corrected chi connectivity index (χ4v) is 4.24. The van der Waals surface area contributed by atoms with Crippen molar-refractivity contribution in [3.8, 4) is 5.75 Å². The second kappa shape index (κ2) is 9.31. The van der Waals surface area contributed by atoms with Crippen LogP contribution in [0, 0.1) is 5.92 Å². The molecule has 1 aromatic carbocycles. The average Bonchev–Trinajstić information content (AvgIpc) is 3.10. The van der Waals surface area contributed by atoms with E-state index in [2.05, 4.69) is 4.74 Å². The van der Waals surface area contributed by atoms with Crippen LogP contribution in [0.4, 0.5) is 18.0 Å². The van der Waals surface area contributed by atoms with Crippen LogP contribution in [0.5, 0.6) is 5.75 Å². The van der Waals surface area contributed by atoms with Gasteiger partial charge >= 0.3 is 12.5 Å². The van der Waals surface area contributed by atoms with Gasteiger partial charge in [-0.15, -0.1) is 13.2 Å². The van der Waals surface area contributed by atoms with Crippen LogP contribution in [0.1, 0.15) is 65.0 Å². The lowest BCUT2D eigenvalue weighted by Gasteiger charge is -2.31. The highest BCUT2D eigenvalue weighted by atomic mass is 19.4. The highest BCUT2D eigenvalue weighted by Crippen LogP contribution is 2.38. The van der Waals surface area contributed by atoms with Crippen LogP contribution in [0.15, 0.2) is 41.7 Å². The summed E-state index contributed by atoms with van der Waals surface area (Å²) in [5, 5.41) is 0. The maximum Gasteiger partial charge on any atom is 0.573 e. The molecule has 0 aromatic heterocycles. The van der Waals surface area contributed by atoms with Crippen LogP contribution in [-0.2, 0) is 16.1 Å². The second-order valence-electron chi connectivity index (χ2n) is 9.83. The van der Waals surface area contributed by atoms with Crippen molar-refractivity contribution in [2.24, 2.45) is 5.92 Å². The number of halogens is 3. The van der Waals surface area contributed by atoms with Gasteiger partial charge in [-0.25, -0.2) is 4.79 Å². The van der Waals surface area contributed by atoms with Gasteiger partial charge in [0.1, 0.15) is 23.7 Å². The number of nitrogens with zero attached hydrogens (tertiary/aromatic N) is 1.